The van der Waals surface area contributed by atoms with Gasteiger partial charge in [-0.25, -0.2) is 4.98 Å². The molecule has 0 N–H and O–H groups in total. The van der Waals surface area contributed by atoms with E-state index in [2.05, 4.69) is 23.4 Å². The van der Waals surface area contributed by atoms with Gasteiger partial charge in [0.1, 0.15) is 0 Å². The molecule has 0 saturated carbocycles. The van der Waals surface area contributed by atoms with Crippen molar-refractivity contribution < 1.29 is 0 Å². The fourth-order valence-corrected chi connectivity index (χ4v) is 0.816. The van der Waals surface area contributed by atoms with Crippen molar-refractivity contribution in [2.45, 2.75) is 20.4 Å². The van der Waals surface area contributed by atoms with Crippen LogP contribution in [-0.2, 0) is 6.54 Å². The fraction of sp³-hybridized carbons (Fsp3) is 0.571. The number of aromatic nitrogens is 2. The summed E-state index contributed by atoms with van der Waals surface area (Å²) < 4.78 is 2.09. The van der Waals surface area contributed by atoms with Gasteiger partial charge in [-0.15, -0.1) is 24.8 Å². The van der Waals surface area contributed by atoms with Gasteiger partial charge in [0.2, 0.25) is 0 Å². The van der Waals surface area contributed by atoms with E-state index in [1.165, 1.54) is 0 Å². The molecule has 0 aliphatic rings. The van der Waals surface area contributed by atoms with E-state index in [0.29, 0.717) is 5.92 Å². The number of imidazole rings is 1. The van der Waals surface area contributed by atoms with Crippen LogP contribution in [0.5, 0.6) is 0 Å². The van der Waals surface area contributed by atoms with Crippen LogP contribution in [0.25, 0.3) is 0 Å². The number of nitrogens with zero attached hydrogens (tertiary/aromatic N) is 2. The van der Waals surface area contributed by atoms with Gasteiger partial charge in [0.15, 0.2) is 0 Å². The second-order valence-corrected chi connectivity index (χ2v) is 2.65. The van der Waals surface area contributed by atoms with Crippen LogP contribution in [0.2, 0.25) is 0 Å². The Bertz CT molecular complexity index is 161. The van der Waals surface area contributed by atoms with Crippen molar-refractivity contribution in [3.05, 3.63) is 18.7 Å². The van der Waals surface area contributed by atoms with Gasteiger partial charge in [-0.05, 0) is 5.92 Å². The molecule has 66 valence electrons. The summed E-state index contributed by atoms with van der Waals surface area (Å²) in [4.78, 5) is 3.94. The highest BCUT2D eigenvalue weighted by Crippen LogP contribution is 1.96. The largest absolute Gasteiger partial charge is 0.337 e. The molecule has 11 heavy (non-hydrogen) atoms. The van der Waals surface area contributed by atoms with Crippen molar-refractivity contribution in [1.29, 1.82) is 0 Å². The van der Waals surface area contributed by atoms with Gasteiger partial charge in [-0.3, -0.25) is 0 Å². The van der Waals surface area contributed by atoms with Crippen molar-refractivity contribution in [3.8, 4) is 0 Å². The first kappa shape index (κ1) is 13.4. The maximum absolute atomic E-state index is 3.94. The summed E-state index contributed by atoms with van der Waals surface area (Å²) in [6, 6.07) is 0. The van der Waals surface area contributed by atoms with Gasteiger partial charge in [-0.1, -0.05) is 13.8 Å². The van der Waals surface area contributed by atoms with Crippen LogP contribution in [0.1, 0.15) is 13.8 Å². The minimum Gasteiger partial charge on any atom is -0.337 e. The molecule has 0 aliphatic heterocycles. The van der Waals surface area contributed by atoms with E-state index in [0.717, 1.165) is 6.54 Å². The molecular weight excluding hydrogens is 183 g/mol. The molecule has 0 atom stereocenters. The number of halogens is 2. The molecule has 0 spiro atoms. The van der Waals surface area contributed by atoms with E-state index in [4.69, 9.17) is 0 Å². The highest BCUT2D eigenvalue weighted by atomic mass is 35.5. The molecule has 0 aromatic carbocycles. The summed E-state index contributed by atoms with van der Waals surface area (Å²) in [6.45, 7) is 5.46. The van der Waals surface area contributed by atoms with Crippen LogP contribution < -0.4 is 0 Å². The molecule has 1 rings (SSSR count). The van der Waals surface area contributed by atoms with Gasteiger partial charge in [-0.2, -0.15) is 0 Å². The van der Waals surface area contributed by atoms with Gasteiger partial charge in [0.05, 0.1) is 6.33 Å². The third kappa shape index (κ3) is 5.10. The van der Waals surface area contributed by atoms with Crippen LogP contribution in [0.4, 0.5) is 0 Å². The number of hydrogen-bond donors (Lipinski definition) is 0. The van der Waals surface area contributed by atoms with Crippen LogP contribution >= 0.6 is 24.8 Å². The highest BCUT2D eigenvalue weighted by Gasteiger charge is 1.92. The predicted octanol–water partition coefficient (Wildman–Crippen LogP) is 2.38. The van der Waals surface area contributed by atoms with Crippen LogP contribution in [0.15, 0.2) is 18.7 Å². The normalized spacial score (nSPS) is 8.64. The van der Waals surface area contributed by atoms with Gasteiger partial charge in [0.25, 0.3) is 0 Å². The average molecular weight is 197 g/mol. The summed E-state index contributed by atoms with van der Waals surface area (Å²) in [5.74, 6) is 0.708. The lowest BCUT2D eigenvalue weighted by molar-refractivity contribution is 0.523. The van der Waals surface area contributed by atoms with Crippen LogP contribution in [-0.4, -0.2) is 9.55 Å². The van der Waals surface area contributed by atoms with Crippen LogP contribution in [0.3, 0.4) is 0 Å². The Balaban J connectivity index is 0. The van der Waals surface area contributed by atoms with Crippen LogP contribution in [0, 0.1) is 5.92 Å². The number of hydrogen-bond acceptors (Lipinski definition) is 1. The molecule has 1 aromatic rings. The van der Waals surface area contributed by atoms with E-state index in [-0.39, 0.29) is 24.8 Å². The summed E-state index contributed by atoms with van der Waals surface area (Å²) in [5.41, 5.74) is 0. The highest BCUT2D eigenvalue weighted by molar-refractivity contribution is 5.85. The zero-order valence-electron chi connectivity index (χ0n) is 6.73. The minimum absolute atomic E-state index is 0. The molecular formula is C7H14Cl2N2. The lowest BCUT2D eigenvalue weighted by Gasteiger charge is -2.03. The Hall–Kier alpha value is -0.210. The second kappa shape index (κ2) is 6.50. The van der Waals surface area contributed by atoms with E-state index < -0.39 is 0 Å². The predicted molar refractivity (Wildman–Crippen MR) is 51.6 cm³/mol. The van der Waals surface area contributed by atoms with E-state index in [9.17, 15) is 0 Å². The zero-order valence-corrected chi connectivity index (χ0v) is 8.36. The smallest absolute Gasteiger partial charge is 0.0945 e. The van der Waals surface area contributed by atoms with E-state index >= 15 is 0 Å². The Labute approximate surface area is 79.8 Å². The molecule has 1 aromatic heterocycles. The van der Waals surface area contributed by atoms with Crippen molar-refractivity contribution in [2.24, 2.45) is 5.92 Å². The first-order chi connectivity index (χ1) is 4.29. The molecule has 0 aliphatic carbocycles. The SMILES string of the molecule is CC(C)Cn1ccnc1.Cl.Cl. The monoisotopic (exact) mass is 196 g/mol. The fourth-order valence-electron chi connectivity index (χ4n) is 0.816. The second-order valence-electron chi connectivity index (χ2n) is 2.65. The zero-order chi connectivity index (χ0) is 6.69. The summed E-state index contributed by atoms with van der Waals surface area (Å²) in [5, 5.41) is 0. The topological polar surface area (TPSA) is 17.8 Å². The molecule has 4 heteroatoms. The Morgan fingerprint density at radius 1 is 1.36 bits per heavy atom. The molecule has 1 heterocycles. The summed E-state index contributed by atoms with van der Waals surface area (Å²) >= 11 is 0. The lowest BCUT2D eigenvalue weighted by atomic mass is 10.2. The molecule has 0 amide bonds. The minimum atomic E-state index is 0. The Morgan fingerprint density at radius 3 is 2.36 bits per heavy atom. The van der Waals surface area contributed by atoms with E-state index in [1.807, 2.05) is 18.7 Å². The van der Waals surface area contributed by atoms with Gasteiger partial charge < -0.3 is 4.57 Å². The lowest BCUT2D eigenvalue weighted by Crippen LogP contribution is -2.00. The average Bonchev–Trinajstić information content (AvgIpc) is 2.15. The maximum Gasteiger partial charge on any atom is 0.0945 e. The third-order valence-corrected chi connectivity index (χ3v) is 1.14. The Morgan fingerprint density at radius 2 is 2.00 bits per heavy atom. The maximum atomic E-state index is 3.94. The van der Waals surface area contributed by atoms with Gasteiger partial charge >= 0.3 is 0 Å². The van der Waals surface area contributed by atoms with Crippen molar-refractivity contribution in [3.63, 3.8) is 0 Å². The molecule has 0 fully saturated rings. The molecule has 0 bridgehead atoms. The first-order valence-electron chi connectivity index (χ1n) is 3.25. The third-order valence-electron chi connectivity index (χ3n) is 1.14. The van der Waals surface area contributed by atoms with Crippen molar-refractivity contribution >= 4 is 24.8 Å². The molecule has 0 radical (unpaired) electrons. The molecule has 2 nitrogen and oxygen atoms in total. The standard InChI is InChI=1S/C7H12N2.2ClH/c1-7(2)5-9-4-3-8-6-9;;/h3-4,6-7H,5H2,1-2H3;2*1H. The van der Waals surface area contributed by atoms with Crippen molar-refractivity contribution in [2.75, 3.05) is 0 Å². The molecule has 0 saturated heterocycles. The van der Waals surface area contributed by atoms with Gasteiger partial charge in [0, 0.05) is 18.9 Å². The quantitative estimate of drug-likeness (QED) is 0.711. The summed E-state index contributed by atoms with van der Waals surface area (Å²) in [6.07, 6.45) is 5.64. The summed E-state index contributed by atoms with van der Waals surface area (Å²) in [7, 11) is 0. The molecule has 0 unspecified atom stereocenters. The Kier molecular flexibility index (Phi) is 7.91. The van der Waals surface area contributed by atoms with Crippen molar-refractivity contribution in [1.82, 2.24) is 9.55 Å². The first-order valence-corrected chi connectivity index (χ1v) is 3.25. The van der Waals surface area contributed by atoms with E-state index in [1.54, 1.807) is 0 Å². The number of rotatable bonds is 2.